The van der Waals surface area contributed by atoms with E-state index >= 15 is 0 Å². The Bertz CT molecular complexity index is 410. The first-order valence-corrected chi connectivity index (χ1v) is 5.73. The number of benzene rings is 1. The van der Waals surface area contributed by atoms with E-state index in [1.165, 1.54) is 18.2 Å². The van der Waals surface area contributed by atoms with Gasteiger partial charge in [0.15, 0.2) is 0 Å². The summed E-state index contributed by atoms with van der Waals surface area (Å²) in [5.74, 6) is 0.306. The van der Waals surface area contributed by atoms with Gasteiger partial charge in [0.05, 0.1) is 4.92 Å². The molecule has 1 aromatic rings. The fourth-order valence-electron chi connectivity index (χ4n) is 1.27. The van der Waals surface area contributed by atoms with Gasteiger partial charge in [0.25, 0.3) is 5.69 Å². The van der Waals surface area contributed by atoms with Crippen LogP contribution < -0.4 is 11.1 Å². The first-order chi connectivity index (χ1) is 7.91. The molecule has 17 heavy (non-hydrogen) atoms. The number of halogens is 1. The lowest BCUT2D eigenvalue weighted by molar-refractivity contribution is -0.384. The maximum atomic E-state index is 10.8. The summed E-state index contributed by atoms with van der Waals surface area (Å²) in [4.78, 5) is 10.4. The van der Waals surface area contributed by atoms with E-state index in [0.717, 1.165) is 0 Å². The molecule has 6 heteroatoms. The summed E-state index contributed by atoms with van der Waals surface area (Å²) in [5, 5.41) is 14.2. The minimum Gasteiger partial charge on any atom is -0.378 e. The van der Waals surface area contributed by atoms with Crippen molar-refractivity contribution in [2.45, 2.75) is 19.9 Å². The molecule has 0 saturated heterocycles. The molecular weight excluding hydrogens is 242 g/mol. The minimum atomic E-state index is -0.445. The third-order valence-electron chi connectivity index (χ3n) is 2.54. The van der Waals surface area contributed by atoms with Crippen LogP contribution in [0.15, 0.2) is 18.2 Å². The van der Waals surface area contributed by atoms with E-state index in [1.807, 2.05) is 13.8 Å². The average molecular weight is 258 g/mol. The van der Waals surface area contributed by atoms with Crippen molar-refractivity contribution in [3.8, 4) is 0 Å². The number of nitro benzene ring substituents is 1. The Labute approximate surface area is 105 Å². The van der Waals surface area contributed by atoms with Crippen LogP contribution in [-0.4, -0.2) is 17.5 Å². The quantitative estimate of drug-likeness (QED) is 0.628. The van der Waals surface area contributed by atoms with Gasteiger partial charge in [-0.15, -0.1) is 0 Å². The summed E-state index contributed by atoms with van der Waals surface area (Å²) in [6.07, 6.45) is 0. The zero-order valence-electron chi connectivity index (χ0n) is 9.81. The van der Waals surface area contributed by atoms with Gasteiger partial charge in [-0.05, 0) is 18.1 Å². The lowest BCUT2D eigenvalue weighted by Gasteiger charge is -2.17. The van der Waals surface area contributed by atoms with E-state index in [2.05, 4.69) is 5.32 Å². The third-order valence-corrected chi connectivity index (χ3v) is 2.77. The summed E-state index contributed by atoms with van der Waals surface area (Å²) in [6, 6.07) is 4.35. The lowest BCUT2D eigenvalue weighted by atomic mass is 10.1. The molecule has 0 radical (unpaired) electrons. The molecule has 0 saturated carbocycles. The molecule has 0 aromatic heterocycles. The zero-order valence-corrected chi connectivity index (χ0v) is 10.6. The SMILES string of the molecule is CC(C)C(N)CNc1cc(Cl)ccc1[N+](=O)[O-]. The monoisotopic (exact) mass is 257 g/mol. The summed E-state index contributed by atoms with van der Waals surface area (Å²) in [7, 11) is 0. The number of nitrogens with zero attached hydrogens (tertiary/aromatic N) is 1. The van der Waals surface area contributed by atoms with Gasteiger partial charge in [-0.25, -0.2) is 0 Å². The van der Waals surface area contributed by atoms with E-state index in [4.69, 9.17) is 17.3 Å². The van der Waals surface area contributed by atoms with Crippen molar-refractivity contribution in [3.05, 3.63) is 33.3 Å². The molecule has 5 nitrogen and oxygen atoms in total. The van der Waals surface area contributed by atoms with E-state index in [0.29, 0.717) is 23.2 Å². The van der Waals surface area contributed by atoms with Gasteiger partial charge in [0.2, 0.25) is 0 Å². The number of rotatable bonds is 5. The topological polar surface area (TPSA) is 81.2 Å². The smallest absolute Gasteiger partial charge is 0.292 e. The molecule has 0 spiro atoms. The molecule has 0 aliphatic carbocycles. The Morgan fingerprint density at radius 1 is 1.53 bits per heavy atom. The lowest BCUT2D eigenvalue weighted by Crippen LogP contribution is -2.34. The number of nitrogens with one attached hydrogen (secondary N) is 1. The van der Waals surface area contributed by atoms with Gasteiger partial charge < -0.3 is 11.1 Å². The molecular formula is C11H16ClN3O2. The van der Waals surface area contributed by atoms with Crippen LogP contribution in [0.2, 0.25) is 5.02 Å². The van der Waals surface area contributed by atoms with Crippen molar-refractivity contribution < 1.29 is 4.92 Å². The Kier molecular flexibility index (Phi) is 4.72. The van der Waals surface area contributed by atoms with Crippen molar-refractivity contribution in [1.82, 2.24) is 0 Å². The average Bonchev–Trinajstić information content (AvgIpc) is 2.25. The van der Waals surface area contributed by atoms with Gasteiger partial charge in [0.1, 0.15) is 5.69 Å². The molecule has 0 fully saturated rings. The molecule has 0 heterocycles. The number of nitrogens with two attached hydrogens (primary N) is 1. The number of hydrogen-bond acceptors (Lipinski definition) is 4. The fraction of sp³-hybridized carbons (Fsp3) is 0.455. The van der Waals surface area contributed by atoms with Gasteiger partial charge in [-0.2, -0.15) is 0 Å². The highest BCUT2D eigenvalue weighted by molar-refractivity contribution is 6.31. The second-order valence-corrected chi connectivity index (χ2v) is 4.64. The second kappa shape index (κ2) is 5.84. The second-order valence-electron chi connectivity index (χ2n) is 4.21. The maximum Gasteiger partial charge on any atom is 0.292 e. The Morgan fingerprint density at radius 3 is 2.71 bits per heavy atom. The summed E-state index contributed by atoms with van der Waals surface area (Å²) >= 11 is 5.81. The molecule has 1 atom stereocenters. The standard InChI is InChI=1S/C11H16ClN3O2/c1-7(2)9(13)6-14-10-5-8(12)3-4-11(10)15(16)17/h3-5,7,9,14H,6,13H2,1-2H3. The highest BCUT2D eigenvalue weighted by Gasteiger charge is 2.15. The largest absolute Gasteiger partial charge is 0.378 e. The summed E-state index contributed by atoms with van der Waals surface area (Å²) in [6.45, 7) is 4.47. The fourth-order valence-corrected chi connectivity index (χ4v) is 1.44. The molecule has 3 N–H and O–H groups in total. The number of anilines is 1. The van der Waals surface area contributed by atoms with Crippen molar-refractivity contribution >= 4 is 23.0 Å². The van der Waals surface area contributed by atoms with Gasteiger partial charge in [-0.3, -0.25) is 10.1 Å². The molecule has 0 aliphatic rings. The molecule has 1 unspecified atom stereocenters. The molecule has 0 aliphatic heterocycles. The van der Waals surface area contributed by atoms with Crippen molar-refractivity contribution in [3.63, 3.8) is 0 Å². The van der Waals surface area contributed by atoms with Crippen LogP contribution in [0.3, 0.4) is 0 Å². The zero-order chi connectivity index (χ0) is 13.0. The van der Waals surface area contributed by atoms with Gasteiger partial charge in [-0.1, -0.05) is 25.4 Å². The third kappa shape index (κ3) is 3.87. The first kappa shape index (κ1) is 13.7. The molecule has 1 rings (SSSR count). The highest BCUT2D eigenvalue weighted by Crippen LogP contribution is 2.27. The summed E-state index contributed by atoms with van der Waals surface area (Å²) < 4.78 is 0. The van der Waals surface area contributed by atoms with Crippen LogP contribution in [-0.2, 0) is 0 Å². The maximum absolute atomic E-state index is 10.8. The van der Waals surface area contributed by atoms with E-state index < -0.39 is 4.92 Å². The molecule has 0 bridgehead atoms. The van der Waals surface area contributed by atoms with Crippen LogP contribution in [0, 0.1) is 16.0 Å². The summed E-state index contributed by atoms with van der Waals surface area (Å²) in [5.41, 5.74) is 6.27. The van der Waals surface area contributed by atoms with Crippen molar-refractivity contribution in [1.29, 1.82) is 0 Å². The molecule has 1 aromatic carbocycles. The predicted molar refractivity (Wildman–Crippen MR) is 69.4 cm³/mol. The number of hydrogen-bond donors (Lipinski definition) is 2. The normalized spacial score (nSPS) is 12.5. The predicted octanol–water partition coefficient (Wildman–Crippen LogP) is 2.64. The van der Waals surface area contributed by atoms with E-state index in [1.54, 1.807) is 0 Å². The Balaban J connectivity index is 2.82. The Hall–Kier alpha value is -1.33. The van der Waals surface area contributed by atoms with Crippen molar-refractivity contribution in [2.75, 3.05) is 11.9 Å². The van der Waals surface area contributed by atoms with Gasteiger partial charge in [0, 0.05) is 23.7 Å². The van der Waals surface area contributed by atoms with Crippen LogP contribution >= 0.6 is 11.6 Å². The molecule has 94 valence electrons. The Morgan fingerprint density at radius 2 is 2.18 bits per heavy atom. The highest BCUT2D eigenvalue weighted by atomic mass is 35.5. The van der Waals surface area contributed by atoms with E-state index in [9.17, 15) is 10.1 Å². The van der Waals surface area contributed by atoms with E-state index in [-0.39, 0.29) is 11.7 Å². The number of nitro groups is 1. The first-order valence-electron chi connectivity index (χ1n) is 5.35. The van der Waals surface area contributed by atoms with Crippen LogP contribution in [0.25, 0.3) is 0 Å². The van der Waals surface area contributed by atoms with Crippen molar-refractivity contribution in [2.24, 2.45) is 11.7 Å². The van der Waals surface area contributed by atoms with Crippen LogP contribution in [0.5, 0.6) is 0 Å². The van der Waals surface area contributed by atoms with Crippen LogP contribution in [0.4, 0.5) is 11.4 Å². The van der Waals surface area contributed by atoms with Crippen LogP contribution in [0.1, 0.15) is 13.8 Å². The minimum absolute atomic E-state index is 0.00496. The van der Waals surface area contributed by atoms with Gasteiger partial charge >= 0.3 is 0 Å². The molecule has 0 amide bonds.